The van der Waals surface area contributed by atoms with E-state index in [0.717, 1.165) is 0 Å². The van der Waals surface area contributed by atoms with Crippen LogP contribution in [-0.4, -0.2) is 23.5 Å². The predicted molar refractivity (Wildman–Crippen MR) is 49.8 cm³/mol. The van der Waals surface area contributed by atoms with Crippen molar-refractivity contribution in [1.29, 1.82) is 0 Å². The minimum Gasteiger partial charge on any atom is -0.298 e. The fourth-order valence-electron chi connectivity index (χ4n) is 2.12. The van der Waals surface area contributed by atoms with E-state index < -0.39 is 0 Å². The molecule has 0 saturated carbocycles. The molecule has 1 fully saturated rings. The number of likely N-dealkylation sites (tertiary alicyclic amines) is 1. The van der Waals surface area contributed by atoms with Gasteiger partial charge in [0.1, 0.15) is 0 Å². The minimum atomic E-state index is 0.574. The third-order valence-corrected chi connectivity index (χ3v) is 2.97. The summed E-state index contributed by atoms with van der Waals surface area (Å²) in [5.74, 6) is 0. The van der Waals surface area contributed by atoms with E-state index in [0.29, 0.717) is 5.54 Å². The summed E-state index contributed by atoms with van der Waals surface area (Å²) in [7, 11) is 0. The first-order valence-electron chi connectivity index (χ1n) is 4.98. The van der Waals surface area contributed by atoms with Gasteiger partial charge in [-0.25, -0.2) is 0 Å². The maximum absolute atomic E-state index is 2.64. The molecule has 1 aliphatic heterocycles. The van der Waals surface area contributed by atoms with Gasteiger partial charge in [-0.15, -0.1) is 0 Å². The quantitative estimate of drug-likeness (QED) is 0.603. The van der Waals surface area contributed by atoms with Gasteiger partial charge in [0.15, 0.2) is 0 Å². The van der Waals surface area contributed by atoms with Crippen LogP contribution in [0, 0.1) is 0 Å². The fourth-order valence-corrected chi connectivity index (χ4v) is 2.12. The van der Waals surface area contributed by atoms with Gasteiger partial charge in [0.2, 0.25) is 0 Å². The first-order valence-corrected chi connectivity index (χ1v) is 4.98. The molecule has 1 saturated heterocycles. The Bertz CT molecular complexity index is 122. The van der Waals surface area contributed by atoms with Crippen molar-refractivity contribution in [3.8, 4) is 0 Å². The molecular formula is C10H21N. The molecule has 1 aliphatic rings. The average molecular weight is 155 g/mol. The van der Waals surface area contributed by atoms with Crippen molar-refractivity contribution < 1.29 is 0 Å². The zero-order chi connectivity index (χ0) is 8.32. The van der Waals surface area contributed by atoms with Crippen molar-refractivity contribution in [2.24, 2.45) is 0 Å². The van der Waals surface area contributed by atoms with Crippen molar-refractivity contribution in [3.05, 3.63) is 0 Å². The van der Waals surface area contributed by atoms with Gasteiger partial charge in [-0.1, -0.05) is 20.3 Å². The molecule has 1 heterocycles. The molecule has 0 aromatic carbocycles. The highest BCUT2D eigenvalue weighted by Gasteiger charge is 2.38. The van der Waals surface area contributed by atoms with Crippen LogP contribution in [0.5, 0.6) is 0 Å². The molecule has 1 rings (SSSR count). The highest BCUT2D eigenvalue weighted by atomic mass is 15.2. The molecule has 0 aromatic rings. The first kappa shape index (κ1) is 9.05. The number of hydrogen-bond acceptors (Lipinski definition) is 1. The zero-order valence-corrected chi connectivity index (χ0v) is 8.19. The van der Waals surface area contributed by atoms with Crippen molar-refractivity contribution >= 4 is 0 Å². The van der Waals surface area contributed by atoms with E-state index in [1.165, 1.54) is 38.8 Å². The van der Waals surface area contributed by atoms with E-state index in [1.807, 2.05) is 0 Å². The van der Waals surface area contributed by atoms with Gasteiger partial charge >= 0.3 is 0 Å². The van der Waals surface area contributed by atoms with Crippen LogP contribution in [0.15, 0.2) is 0 Å². The van der Waals surface area contributed by atoms with E-state index in [2.05, 4.69) is 25.7 Å². The zero-order valence-electron chi connectivity index (χ0n) is 8.19. The lowest BCUT2D eigenvalue weighted by atomic mass is 9.82. The van der Waals surface area contributed by atoms with Crippen molar-refractivity contribution in [3.63, 3.8) is 0 Å². The van der Waals surface area contributed by atoms with Crippen LogP contribution in [0.25, 0.3) is 0 Å². The lowest BCUT2D eigenvalue weighted by Crippen LogP contribution is -2.57. The Morgan fingerprint density at radius 3 is 2.36 bits per heavy atom. The molecule has 1 heteroatoms. The van der Waals surface area contributed by atoms with Crippen molar-refractivity contribution in [2.75, 3.05) is 13.1 Å². The molecular weight excluding hydrogens is 134 g/mol. The predicted octanol–water partition coefficient (Wildman–Crippen LogP) is 2.66. The first-order chi connectivity index (χ1) is 5.23. The molecule has 0 amide bonds. The average Bonchev–Trinajstić information content (AvgIpc) is 1.99. The monoisotopic (exact) mass is 155 g/mol. The summed E-state index contributed by atoms with van der Waals surface area (Å²) >= 11 is 0. The summed E-state index contributed by atoms with van der Waals surface area (Å²) < 4.78 is 0. The maximum Gasteiger partial charge on any atom is 0.0193 e. The summed E-state index contributed by atoms with van der Waals surface area (Å²) in [4.78, 5) is 2.64. The molecule has 1 unspecified atom stereocenters. The van der Waals surface area contributed by atoms with Crippen LogP contribution >= 0.6 is 0 Å². The fraction of sp³-hybridized carbons (Fsp3) is 1.00. The van der Waals surface area contributed by atoms with E-state index >= 15 is 0 Å². The lowest BCUT2D eigenvalue weighted by Gasteiger charge is -2.51. The molecule has 0 aromatic heterocycles. The van der Waals surface area contributed by atoms with E-state index in [9.17, 15) is 0 Å². The van der Waals surface area contributed by atoms with Crippen LogP contribution in [0.4, 0.5) is 0 Å². The van der Waals surface area contributed by atoms with Gasteiger partial charge in [-0.3, -0.25) is 4.90 Å². The summed E-state index contributed by atoms with van der Waals surface area (Å²) in [5.41, 5.74) is 0.574. The molecule has 0 bridgehead atoms. The number of rotatable bonds is 4. The van der Waals surface area contributed by atoms with E-state index in [4.69, 9.17) is 0 Å². The summed E-state index contributed by atoms with van der Waals surface area (Å²) in [5, 5.41) is 0. The van der Waals surface area contributed by atoms with Crippen molar-refractivity contribution in [1.82, 2.24) is 4.90 Å². The number of hydrogen-bond donors (Lipinski definition) is 0. The summed E-state index contributed by atoms with van der Waals surface area (Å²) in [6, 6.07) is 0. The van der Waals surface area contributed by atoms with Gasteiger partial charge in [0, 0.05) is 12.1 Å². The Morgan fingerprint density at radius 1 is 1.27 bits per heavy atom. The second-order valence-electron chi connectivity index (χ2n) is 3.98. The molecule has 1 atom stereocenters. The Hall–Kier alpha value is -0.0400. The molecule has 0 N–H and O–H groups in total. The van der Waals surface area contributed by atoms with E-state index in [1.54, 1.807) is 0 Å². The Morgan fingerprint density at radius 2 is 2.00 bits per heavy atom. The summed E-state index contributed by atoms with van der Waals surface area (Å²) in [6.45, 7) is 9.61. The van der Waals surface area contributed by atoms with Crippen molar-refractivity contribution in [2.45, 2.75) is 52.0 Å². The van der Waals surface area contributed by atoms with Crippen LogP contribution < -0.4 is 0 Å². The second kappa shape index (κ2) is 3.57. The Kier molecular flexibility index (Phi) is 2.94. The van der Waals surface area contributed by atoms with Crippen LogP contribution in [-0.2, 0) is 0 Å². The smallest absolute Gasteiger partial charge is 0.0193 e. The van der Waals surface area contributed by atoms with Crippen LogP contribution in [0.1, 0.15) is 46.5 Å². The Labute approximate surface area is 70.8 Å². The van der Waals surface area contributed by atoms with Gasteiger partial charge in [-0.2, -0.15) is 0 Å². The Balaban J connectivity index is 2.32. The molecule has 0 spiro atoms. The molecule has 66 valence electrons. The van der Waals surface area contributed by atoms with Crippen LogP contribution in [0.2, 0.25) is 0 Å². The largest absolute Gasteiger partial charge is 0.298 e. The lowest BCUT2D eigenvalue weighted by molar-refractivity contribution is -0.00639. The normalized spacial score (nSPS) is 31.9. The molecule has 0 aliphatic carbocycles. The third kappa shape index (κ3) is 1.76. The molecule has 11 heavy (non-hydrogen) atoms. The third-order valence-electron chi connectivity index (χ3n) is 2.97. The minimum absolute atomic E-state index is 0.574. The van der Waals surface area contributed by atoms with Gasteiger partial charge in [0.05, 0.1) is 0 Å². The highest BCUT2D eigenvalue weighted by Crippen LogP contribution is 2.34. The summed E-state index contributed by atoms with van der Waals surface area (Å²) in [6.07, 6.45) is 5.43. The van der Waals surface area contributed by atoms with Gasteiger partial charge < -0.3 is 0 Å². The maximum atomic E-state index is 2.64. The standard InChI is InChI=1S/C10H21N/c1-4-6-10(3)7-9-11(10)8-5-2/h4-9H2,1-3H3. The second-order valence-corrected chi connectivity index (χ2v) is 3.98. The highest BCUT2D eigenvalue weighted by molar-refractivity contribution is 4.94. The van der Waals surface area contributed by atoms with Gasteiger partial charge in [0.25, 0.3) is 0 Å². The molecule has 1 nitrogen and oxygen atoms in total. The SMILES string of the molecule is CCCN1CCC1(C)CCC. The topological polar surface area (TPSA) is 3.24 Å². The number of nitrogens with zero attached hydrogens (tertiary/aromatic N) is 1. The van der Waals surface area contributed by atoms with Gasteiger partial charge in [-0.05, 0) is 32.7 Å². The van der Waals surface area contributed by atoms with Crippen LogP contribution in [0.3, 0.4) is 0 Å². The van der Waals surface area contributed by atoms with E-state index in [-0.39, 0.29) is 0 Å². The molecule has 0 radical (unpaired) electrons.